The molecular weight excluding hydrogens is 500 g/mol. The van der Waals surface area contributed by atoms with Gasteiger partial charge in [-0.15, -0.1) is 0 Å². The van der Waals surface area contributed by atoms with Gasteiger partial charge in [0.05, 0.1) is 18.4 Å². The van der Waals surface area contributed by atoms with E-state index in [-0.39, 0.29) is 10.8 Å². The fraction of sp³-hybridized carbons (Fsp3) is 0.297. The van der Waals surface area contributed by atoms with Gasteiger partial charge in [-0.1, -0.05) is 101 Å². The molecule has 4 nitrogen and oxygen atoms in total. The molecule has 3 aromatic carbocycles. The monoisotopic (exact) mass is 545 g/mol. The summed E-state index contributed by atoms with van der Waals surface area (Å²) in [5.74, 6) is 6.87. The second-order valence-corrected chi connectivity index (χ2v) is 12.4. The highest BCUT2D eigenvalue weighted by atomic mass is 15.4. The van der Waals surface area contributed by atoms with Gasteiger partial charge >= 0.3 is 0 Å². The molecule has 2 aliphatic rings. The molecule has 0 spiro atoms. The van der Waals surface area contributed by atoms with E-state index in [0.29, 0.717) is 0 Å². The number of hydrazine groups is 1. The molecule has 0 saturated heterocycles. The molecule has 3 aromatic rings. The van der Waals surface area contributed by atoms with Crippen molar-refractivity contribution in [1.82, 2.24) is 0 Å². The van der Waals surface area contributed by atoms with Gasteiger partial charge in [0, 0.05) is 29.4 Å². The Morgan fingerprint density at radius 3 is 2.34 bits per heavy atom. The van der Waals surface area contributed by atoms with Crippen molar-refractivity contribution in [1.29, 1.82) is 0 Å². The second kappa shape index (κ2) is 11.6. The van der Waals surface area contributed by atoms with Gasteiger partial charge in [0.1, 0.15) is 5.69 Å². The number of hydrogen-bond donors (Lipinski definition) is 2. The number of allylic oxidation sites excluding steroid dienone is 7. The van der Waals surface area contributed by atoms with Crippen molar-refractivity contribution in [2.75, 3.05) is 24.0 Å². The summed E-state index contributed by atoms with van der Waals surface area (Å²) in [5.41, 5.74) is 11.3. The molecule has 5 rings (SSSR count). The maximum absolute atomic E-state index is 6.87. The molecule has 0 unspecified atom stereocenters. The Balaban J connectivity index is 1.49. The van der Waals surface area contributed by atoms with Crippen LogP contribution in [0.4, 0.5) is 17.1 Å². The van der Waals surface area contributed by atoms with Crippen LogP contribution in [-0.2, 0) is 10.8 Å². The van der Waals surface area contributed by atoms with Gasteiger partial charge in [0.2, 0.25) is 0 Å². The molecule has 4 heteroatoms. The zero-order chi connectivity index (χ0) is 29.2. The number of para-hydroxylation sites is 3. The molecule has 0 atom stereocenters. The normalized spacial score (nSPS) is 18.7. The third-order valence-corrected chi connectivity index (χ3v) is 8.88. The van der Waals surface area contributed by atoms with E-state index in [4.69, 9.17) is 5.84 Å². The summed E-state index contributed by atoms with van der Waals surface area (Å²) in [6.45, 7) is 9.29. The van der Waals surface area contributed by atoms with Crippen LogP contribution in [0.3, 0.4) is 0 Å². The van der Waals surface area contributed by atoms with Crippen LogP contribution in [0.25, 0.3) is 0 Å². The minimum Gasteiger partial charge on any atom is -0.347 e. The molecule has 0 bridgehead atoms. The highest BCUT2D eigenvalue weighted by Gasteiger charge is 2.38. The Labute approximate surface area is 246 Å². The zero-order valence-electron chi connectivity index (χ0n) is 25.5. The number of fused-ring (bicyclic) bond motifs is 1. The van der Waals surface area contributed by atoms with Crippen molar-refractivity contribution in [3.8, 4) is 0 Å². The van der Waals surface area contributed by atoms with Gasteiger partial charge in [-0.2, -0.15) is 0 Å². The average Bonchev–Trinajstić information content (AvgIpc) is 3.47. The Bertz CT molecular complexity index is 1520. The summed E-state index contributed by atoms with van der Waals surface area (Å²) >= 11 is 0. The van der Waals surface area contributed by atoms with Crippen molar-refractivity contribution < 1.29 is 5.32 Å². The lowest BCUT2D eigenvalue weighted by Gasteiger charge is -2.25. The van der Waals surface area contributed by atoms with E-state index in [9.17, 15) is 0 Å². The summed E-state index contributed by atoms with van der Waals surface area (Å²) in [6.07, 6.45) is 12.1. The molecule has 1 aliphatic carbocycles. The van der Waals surface area contributed by atoms with Gasteiger partial charge in [0.25, 0.3) is 0 Å². The quantitative estimate of drug-likeness (QED) is 0.176. The van der Waals surface area contributed by atoms with Gasteiger partial charge in [0.15, 0.2) is 0 Å². The summed E-state index contributed by atoms with van der Waals surface area (Å²) in [4.78, 5) is 2.33. The number of quaternary nitrogens is 1. The summed E-state index contributed by atoms with van der Waals surface area (Å²) < 4.78 is 0. The van der Waals surface area contributed by atoms with Crippen LogP contribution in [0.1, 0.15) is 58.1 Å². The molecule has 0 saturated carbocycles. The second-order valence-electron chi connectivity index (χ2n) is 12.4. The molecular formula is C37H45N4+. The van der Waals surface area contributed by atoms with Crippen molar-refractivity contribution in [3.63, 3.8) is 0 Å². The predicted octanol–water partition coefficient (Wildman–Crippen LogP) is 7.40. The number of likely N-dealkylation sites (N-methyl/N-ethyl adjacent to an activating group) is 1. The summed E-state index contributed by atoms with van der Waals surface area (Å²) in [6, 6.07) is 27.7. The maximum Gasteiger partial charge on any atom is 0.133 e. The van der Waals surface area contributed by atoms with E-state index in [1.807, 2.05) is 23.2 Å². The van der Waals surface area contributed by atoms with Crippen molar-refractivity contribution >= 4 is 17.1 Å². The van der Waals surface area contributed by atoms with E-state index in [1.54, 1.807) is 0 Å². The van der Waals surface area contributed by atoms with E-state index < -0.39 is 0 Å². The molecule has 1 heterocycles. The van der Waals surface area contributed by atoms with Gasteiger partial charge in [-0.25, -0.2) is 5.84 Å². The smallest absolute Gasteiger partial charge is 0.133 e. The largest absolute Gasteiger partial charge is 0.347 e. The zero-order valence-corrected chi connectivity index (χ0v) is 25.5. The molecule has 0 fully saturated rings. The van der Waals surface area contributed by atoms with Gasteiger partial charge < -0.3 is 10.2 Å². The van der Waals surface area contributed by atoms with E-state index >= 15 is 0 Å². The Morgan fingerprint density at radius 2 is 1.61 bits per heavy atom. The van der Waals surface area contributed by atoms with Crippen LogP contribution in [0, 0.1) is 0 Å². The van der Waals surface area contributed by atoms with Gasteiger partial charge in [-0.05, 0) is 71.7 Å². The number of nitrogens with zero attached hydrogens (tertiary/aromatic N) is 2. The fourth-order valence-electron chi connectivity index (χ4n) is 6.52. The molecule has 0 aromatic heterocycles. The Morgan fingerprint density at radius 1 is 0.927 bits per heavy atom. The van der Waals surface area contributed by atoms with Gasteiger partial charge in [-0.3, -0.25) is 5.01 Å². The Kier molecular flexibility index (Phi) is 8.08. The number of hydrogen-bond acceptors (Lipinski definition) is 3. The topological polar surface area (TPSA) is 49.1 Å². The molecule has 0 radical (unpaired) electrons. The first-order chi connectivity index (χ1) is 19.6. The lowest BCUT2D eigenvalue weighted by Crippen LogP contribution is -2.73. The average molecular weight is 546 g/mol. The minimum absolute atomic E-state index is 0.0253. The van der Waals surface area contributed by atoms with Crippen molar-refractivity contribution in [2.45, 2.75) is 57.8 Å². The van der Waals surface area contributed by atoms with Crippen LogP contribution in [-0.4, -0.2) is 14.1 Å². The molecule has 0 amide bonds. The lowest BCUT2D eigenvalue weighted by atomic mass is 9.80. The molecule has 41 heavy (non-hydrogen) atoms. The lowest BCUT2D eigenvalue weighted by molar-refractivity contribution is -0.540. The van der Waals surface area contributed by atoms with E-state index in [1.165, 1.54) is 39.3 Å². The summed E-state index contributed by atoms with van der Waals surface area (Å²) in [7, 11) is 4.29. The Hall–Kier alpha value is -3.86. The SMILES string of the molecule is C[NH2+]c1ccccc1C(C)(C)C/C=C/C1=C(N(N)c2ccccc2)C(=C/C=C2/N(C)c3ccccc3C2(C)C)/CC1. The van der Waals surface area contributed by atoms with Crippen molar-refractivity contribution in [2.24, 2.45) is 5.84 Å². The first kappa shape index (κ1) is 28.7. The standard InChI is InChI=1S/C37H44N4/c1-36(2,30-18-10-12-20-32(30)39-5)26-14-15-27-22-23-28(35(27)41(38)29-16-8-7-9-17-29)24-25-34-37(3,4)31-19-11-13-21-33(31)40(34)6/h7-21,24-25,39H,22-23,26,38H2,1-6H3/p+1/b15-14+,28-24+,34-25+. The number of nitrogens with two attached hydrogens (primary N) is 2. The third-order valence-electron chi connectivity index (χ3n) is 8.88. The number of rotatable bonds is 8. The number of benzene rings is 3. The molecule has 4 N–H and O–H groups in total. The van der Waals surface area contributed by atoms with E-state index in [2.05, 4.69) is 137 Å². The van der Waals surface area contributed by atoms with Crippen LogP contribution in [0.2, 0.25) is 0 Å². The van der Waals surface area contributed by atoms with Crippen LogP contribution in [0.5, 0.6) is 0 Å². The van der Waals surface area contributed by atoms with Crippen LogP contribution < -0.4 is 21.1 Å². The predicted molar refractivity (Wildman–Crippen MR) is 174 cm³/mol. The summed E-state index contributed by atoms with van der Waals surface area (Å²) in [5, 5.41) is 4.08. The minimum atomic E-state index is -0.0623. The first-order valence-electron chi connectivity index (χ1n) is 14.8. The fourth-order valence-corrected chi connectivity index (χ4v) is 6.52. The highest BCUT2D eigenvalue weighted by Crippen LogP contribution is 2.47. The van der Waals surface area contributed by atoms with Crippen LogP contribution in [0.15, 0.2) is 126 Å². The highest BCUT2D eigenvalue weighted by molar-refractivity contribution is 5.70. The third kappa shape index (κ3) is 5.55. The van der Waals surface area contributed by atoms with E-state index in [0.717, 1.165) is 30.6 Å². The van der Waals surface area contributed by atoms with Crippen molar-refractivity contribution in [3.05, 3.63) is 137 Å². The number of anilines is 2. The maximum atomic E-state index is 6.87. The van der Waals surface area contributed by atoms with Crippen LogP contribution >= 0.6 is 0 Å². The molecule has 212 valence electrons. The first-order valence-corrected chi connectivity index (χ1v) is 14.8. The molecule has 1 aliphatic heterocycles.